The van der Waals surface area contributed by atoms with Gasteiger partial charge in [-0.25, -0.2) is 4.98 Å². The standard InChI is InChI=1S/C21H24N4O/c1-26-19-10-6-5-9-18(19)12-15-22-20-13-16-24-21(25-20)23-14-11-17-7-3-2-4-8-17/h2-10,13,16H,11-12,14-15H2,1H3,(H2,22,23,24,25). The molecule has 0 atom stereocenters. The van der Waals surface area contributed by atoms with Gasteiger partial charge in [-0.2, -0.15) is 4.98 Å². The number of nitrogens with one attached hydrogen (secondary N) is 2. The summed E-state index contributed by atoms with van der Waals surface area (Å²) in [5.41, 5.74) is 2.48. The van der Waals surface area contributed by atoms with E-state index in [1.807, 2.05) is 30.3 Å². The summed E-state index contributed by atoms with van der Waals surface area (Å²) in [5, 5.41) is 6.62. The number of benzene rings is 2. The highest BCUT2D eigenvalue weighted by Crippen LogP contribution is 2.17. The Balaban J connectivity index is 1.48. The zero-order valence-electron chi connectivity index (χ0n) is 15.0. The number of hydrogen-bond acceptors (Lipinski definition) is 5. The fourth-order valence-electron chi connectivity index (χ4n) is 2.74. The number of ether oxygens (including phenoxy) is 1. The van der Waals surface area contributed by atoms with Crippen molar-refractivity contribution < 1.29 is 4.74 Å². The predicted octanol–water partition coefficient (Wildman–Crippen LogP) is 3.79. The summed E-state index contributed by atoms with van der Waals surface area (Å²) < 4.78 is 5.38. The smallest absolute Gasteiger partial charge is 0.224 e. The van der Waals surface area contributed by atoms with Crippen molar-refractivity contribution in [3.05, 3.63) is 78.0 Å². The van der Waals surface area contributed by atoms with Gasteiger partial charge in [0.1, 0.15) is 11.6 Å². The molecule has 1 heterocycles. The second-order valence-corrected chi connectivity index (χ2v) is 5.92. The number of aromatic nitrogens is 2. The van der Waals surface area contributed by atoms with Gasteiger partial charge in [0.2, 0.25) is 5.95 Å². The van der Waals surface area contributed by atoms with Crippen LogP contribution in [0.15, 0.2) is 66.9 Å². The number of hydrogen-bond donors (Lipinski definition) is 2. The van der Waals surface area contributed by atoms with E-state index in [1.165, 1.54) is 11.1 Å². The van der Waals surface area contributed by atoms with Gasteiger partial charge in [-0.15, -0.1) is 0 Å². The molecular weight excluding hydrogens is 324 g/mol. The largest absolute Gasteiger partial charge is 0.496 e. The third kappa shape index (κ3) is 5.21. The molecule has 2 N–H and O–H groups in total. The number of methoxy groups -OCH3 is 1. The molecular formula is C21H24N4O. The Kier molecular flexibility index (Phi) is 6.42. The first kappa shape index (κ1) is 17.7. The topological polar surface area (TPSA) is 59.1 Å². The SMILES string of the molecule is COc1ccccc1CCNc1ccnc(NCCc2ccccc2)n1. The van der Waals surface area contributed by atoms with E-state index in [1.54, 1.807) is 13.3 Å². The summed E-state index contributed by atoms with van der Waals surface area (Å²) in [7, 11) is 1.70. The molecule has 0 radical (unpaired) electrons. The summed E-state index contributed by atoms with van der Waals surface area (Å²) in [6, 6.07) is 20.3. The van der Waals surface area contributed by atoms with Crippen LogP contribution in [0.3, 0.4) is 0 Å². The molecule has 5 nitrogen and oxygen atoms in total. The number of rotatable bonds is 9. The average molecular weight is 348 g/mol. The molecule has 0 spiro atoms. The first-order valence-electron chi connectivity index (χ1n) is 8.82. The summed E-state index contributed by atoms with van der Waals surface area (Å²) in [6.45, 7) is 1.58. The molecule has 3 aromatic rings. The van der Waals surface area contributed by atoms with Crippen LogP contribution in [0.2, 0.25) is 0 Å². The van der Waals surface area contributed by atoms with E-state index in [-0.39, 0.29) is 0 Å². The molecule has 0 saturated carbocycles. The molecule has 26 heavy (non-hydrogen) atoms. The molecule has 0 unspecified atom stereocenters. The molecule has 134 valence electrons. The lowest BCUT2D eigenvalue weighted by molar-refractivity contribution is 0.410. The molecule has 2 aromatic carbocycles. The van der Waals surface area contributed by atoms with E-state index in [4.69, 9.17) is 4.74 Å². The second-order valence-electron chi connectivity index (χ2n) is 5.92. The number of anilines is 2. The van der Waals surface area contributed by atoms with Gasteiger partial charge in [0, 0.05) is 19.3 Å². The van der Waals surface area contributed by atoms with Crippen molar-refractivity contribution in [2.24, 2.45) is 0 Å². The molecule has 0 aliphatic carbocycles. The Morgan fingerprint density at radius 3 is 2.46 bits per heavy atom. The highest BCUT2D eigenvalue weighted by atomic mass is 16.5. The molecule has 0 aliphatic rings. The van der Waals surface area contributed by atoms with Crippen molar-refractivity contribution in [1.29, 1.82) is 0 Å². The van der Waals surface area contributed by atoms with Gasteiger partial charge < -0.3 is 15.4 Å². The number of nitrogens with zero attached hydrogens (tertiary/aromatic N) is 2. The summed E-state index contributed by atoms with van der Waals surface area (Å²) in [5.74, 6) is 2.38. The third-order valence-corrected chi connectivity index (χ3v) is 4.09. The van der Waals surface area contributed by atoms with Crippen LogP contribution in [-0.2, 0) is 12.8 Å². The van der Waals surface area contributed by atoms with Crippen LogP contribution in [0, 0.1) is 0 Å². The zero-order valence-corrected chi connectivity index (χ0v) is 15.0. The van der Waals surface area contributed by atoms with Crippen LogP contribution in [0.25, 0.3) is 0 Å². The van der Waals surface area contributed by atoms with E-state index >= 15 is 0 Å². The van der Waals surface area contributed by atoms with Crippen molar-refractivity contribution in [1.82, 2.24) is 9.97 Å². The van der Waals surface area contributed by atoms with Crippen molar-refractivity contribution in [2.45, 2.75) is 12.8 Å². The van der Waals surface area contributed by atoms with Gasteiger partial charge in [-0.05, 0) is 36.1 Å². The lowest BCUT2D eigenvalue weighted by Gasteiger charge is -2.10. The second kappa shape index (κ2) is 9.42. The van der Waals surface area contributed by atoms with Crippen LogP contribution < -0.4 is 15.4 Å². The Bertz CT molecular complexity index is 808. The Hall–Kier alpha value is -3.08. The van der Waals surface area contributed by atoms with Crippen molar-refractivity contribution >= 4 is 11.8 Å². The molecule has 0 bridgehead atoms. The monoisotopic (exact) mass is 348 g/mol. The molecule has 3 rings (SSSR count). The van der Waals surface area contributed by atoms with E-state index in [0.29, 0.717) is 5.95 Å². The minimum Gasteiger partial charge on any atom is -0.496 e. The maximum atomic E-state index is 5.38. The molecule has 0 fully saturated rings. The Morgan fingerprint density at radius 1 is 0.846 bits per heavy atom. The van der Waals surface area contributed by atoms with Gasteiger partial charge in [0.05, 0.1) is 7.11 Å². The molecule has 0 saturated heterocycles. The van der Waals surface area contributed by atoms with Gasteiger partial charge in [0.25, 0.3) is 0 Å². The van der Waals surface area contributed by atoms with E-state index in [9.17, 15) is 0 Å². The van der Waals surface area contributed by atoms with Crippen molar-refractivity contribution in [3.8, 4) is 5.75 Å². The third-order valence-electron chi connectivity index (χ3n) is 4.09. The Labute approximate surface area is 154 Å². The predicted molar refractivity (Wildman–Crippen MR) is 106 cm³/mol. The quantitative estimate of drug-likeness (QED) is 0.616. The van der Waals surface area contributed by atoms with E-state index in [0.717, 1.165) is 37.5 Å². The van der Waals surface area contributed by atoms with Gasteiger partial charge >= 0.3 is 0 Å². The van der Waals surface area contributed by atoms with Crippen LogP contribution in [-0.4, -0.2) is 30.2 Å². The van der Waals surface area contributed by atoms with E-state index < -0.39 is 0 Å². The van der Waals surface area contributed by atoms with Crippen LogP contribution in [0.1, 0.15) is 11.1 Å². The minimum atomic E-state index is 0.642. The normalized spacial score (nSPS) is 10.3. The van der Waals surface area contributed by atoms with Crippen molar-refractivity contribution in [3.63, 3.8) is 0 Å². The van der Waals surface area contributed by atoms with Crippen LogP contribution >= 0.6 is 0 Å². The highest BCUT2D eigenvalue weighted by Gasteiger charge is 2.03. The van der Waals surface area contributed by atoms with E-state index in [2.05, 4.69) is 50.9 Å². The van der Waals surface area contributed by atoms with Gasteiger partial charge in [-0.1, -0.05) is 48.5 Å². The average Bonchev–Trinajstić information content (AvgIpc) is 2.69. The number of para-hydroxylation sites is 1. The Morgan fingerprint density at radius 2 is 1.62 bits per heavy atom. The maximum Gasteiger partial charge on any atom is 0.224 e. The zero-order chi connectivity index (χ0) is 18.0. The fourth-order valence-corrected chi connectivity index (χ4v) is 2.74. The first-order chi connectivity index (χ1) is 12.8. The highest BCUT2D eigenvalue weighted by molar-refractivity contribution is 5.40. The maximum absolute atomic E-state index is 5.38. The lowest BCUT2D eigenvalue weighted by atomic mass is 10.1. The minimum absolute atomic E-state index is 0.642. The lowest BCUT2D eigenvalue weighted by Crippen LogP contribution is -2.11. The van der Waals surface area contributed by atoms with Gasteiger partial charge in [0.15, 0.2) is 0 Å². The molecule has 0 aliphatic heterocycles. The molecule has 0 amide bonds. The molecule has 1 aromatic heterocycles. The summed E-state index contributed by atoms with van der Waals surface area (Å²) in [4.78, 5) is 8.80. The van der Waals surface area contributed by atoms with Crippen molar-refractivity contribution in [2.75, 3.05) is 30.8 Å². The molecule has 5 heteroatoms. The van der Waals surface area contributed by atoms with Crippen LogP contribution in [0.4, 0.5) is 11.8 Å². The summed E-state index contributed by atoms with van der Waals surface area (Å²) in [6.07, 6.45) is 3.57. The van der Waals surface area contributed by atoms with Gasteiger partial charge in [-0.3, -0.25) is 0 Å². The fraction of sp³-hybridized carbons (Fsp3) is 0.238. The van der Waals surface area contributed by atoms with Crippen LogP contribution in [0.5, 0.6) is 5.75 Å². The first-order valence-corrected chi connectivity index (χ1v) is 8.82. The summed E-state index contributed by atoms with van der Waals surface area (Å²) >= 11 is 0.